The molecule has 0 radical (unpaired) electrons. The summed E-state index contributed by atoms with van der Waals surface area (Å²) >= 11 is 0. The predicted molar refractivity (Wildman–Crippen MR) is 91.8 cm³/mol. The van der Waals surface area contributed by atoms with Gasteiger partial charge in [0.05, 0.1) is 6.54 Å². The van der Waals surface area contributed by atoms with Crippen molar-refractivity contribution in [1.29, 1.82) is 0 Å². The summed E-state index contributed by atoms with van der Waals surface area (Å²) in [6.45, 7) is 7.56. The average molecular weight is 313 g/mol. The van der Waals surface area contributed by atoms with Crippen LogP contribution < -0.4 is 5.32 Å². The molecule has 0 aliphatic rings. The Bertz CT molecular complexity index is 362. The van der Waals surface area contributed by atoms with Crippen molar-refractivity contribution in [2.45, 2.75) is 46.1 Å². The van der Waals surface area contributed by atoms with Crippen LogP contribution in [-0.2, 0) is 11.3 Å². The lowest BCUT2D eigenvalue weighted by Crippen LogP contribution is -2.38. The largest absolute Gasteiger partial charge is 0.351 e. The molecule has 1 aromatic carbocycles. The first-order valence-corrected chi connectivity index (χ1v) is 7.79. The maximum absolute atomic E-state index is 12.0. The number of carbonyl (C=O) groups excluding carboxylic acids is 1. The van der Waals surface area contributed by atoms with E-state index in [2.05, 4.69) is 24.1 Å². The lowest BCUT2D eigenvalue weighted by Gasteiger charge is -2.21. The molecule has 1 aromatic rings. The molecule has 3 nitrogen and oxygen atoms in total. The summed E-state index contributed by atoms with van der Waals surface area (Å²) in [5.74, 6) is 0.126. The SMILES string of the molecule is CCCCN(CCCC)CC(=O)NCc1ccccc1.Cl. The van der Waals surface area contributed by atoms with Gasteiger partial charge in [0.1, 0.15) is 0 Å². The van der Waals surface area contributed by atoms with E-state index < -0.39 is 0 Å². The van der Waals surface area contributed by atoms with Crippen molar-refractivity contribution in [2.75, 3.05) is 19.6 Å². The summed E-state index contributed by atoms with van der Waals surface area (Å²) in [7, 11) is 0. The van der Waals surface area contributed by atoms with Crippen LogP contribution in [0.3, 0.4) is 0 Å². The third kappa shape index (κ3) is 9.48. The topological polar surface area (TPSA) is 32.3 Å². The minimum atomic E-state index is 0. The van der Waals surface area contributed by atoms with Gasteiger partial charge in [0.2, 0.25) is 5.91 Å². The van der Waals surface area contributed by atoms with Gasteiger partial charge in [0, 0.05) is 6.54 Å². The highest BCUT2D eigenvalue weighted by Gasteiger charge is 2.09. The molecule has 0 unspecified atom stereocenters. The van der Waals surface area contributed by atoms with Crippen molar-refractivity contribution in [1.82, 2.24) is 10.2 Å². The smallest absolute Gasteiger partial charge is 0.234 e. The maximum atomic E-state index is 12.0. The molecule has 0 aliphatic heterocycles. The third-order valence-electron chi connectivity index (χ3n) is 3.36. The van der Waals surface area contributed by atoms with Crippen molar-refractivity contribution >= 4 is 18.3 Å². The molecule has 0 spiro atoms. The van der Waals surface area contributed by atoms with E-state index in [9.17, 15) is 4.79 Å². The van der Waals surface area contributed by atoms with Crippen molar-refractivity contribution in [2.24, 2.45) is 0 Å². The van der Waals surface area contributed by atoms with Gasteiger partial charge < -0.3 is 5.32 Å². The highest BCUT2D eigenvalue weighted by molar-refractivity contribution is 5.85. The minimum Gasteiger partial charge on any atom is -0.351 e. The summed E-state index contributed by atoms with van der Waals surface area (Å²) in [6.07, 6.45) is 4.67. The summed E-state index contributed by atoms with van der Waals surface area (Å²) in [5, 5.41) is 3.00. The van der Waals surface area contributed by atoms with Crippen LogP contribution in [0, 0.1) is 0 Å². The Kier molecular flexibility index (Phi) is 12.0. The molecule has 0 aliphatic carbocycles. The Morgan fingerprint density at radius 3 is 2.14 bits per heavy atom. The molecular formula is C17H29ClN2O. The van der Waals surface area contributed by atoms with Crippen molar-refractivity contribution in [3.8, 4) is 0 Å². The molecule has 0 saturated carbocycles. The number of halogens is 1. The van der Waals surface area contributed by atoms with Crippen LogP contribution in [-0.4, -0.2) is 30.4 Å². The Labute approximate surface area is 135 Å². The highest BCUT2D eigenvalue weighted by atomic mass is 35.5. The van der Waals surface area contributed by atoms with Gasteiger partial charge in [-0.1, -0.05) is 57.0 Å². The number of amides is 1. The van der Waals surface area contributed by atoms with Crippen molar-refractivity contribution in [3.05, 3.63) is 35.9 Å². The second kappa shape index (κ2) is 12.7. The Morgan fingerprint density at radius 2 is 1.62 bits per heavy atom. The van der Waals surface area contributed by atoms with Gasteiger partial charge in [0.25, 0.3) is 0 Å². The molecule has 1 rings (SSSR count). The zero-order valence-electron chi connectivity index (χ0n) is 13.3. The predicted octanol–water partition coefficient (Wildman–Crippen LogP) is 3.63. The van der Waals surface area contributed by atoms with E-state index in [1.54, 1.807) is 0 Å². The fourth-order valence-corrected chi connectivity index (χ4v) is 2.09. The van der Waals surface area contributed by atoms with Crippen molar-refractivity contribution < 1.29 is 4.79 Å². The molecule has 4 heteroatoms. The van der Waals surface area contributed by atoms with Gasteiger partial charge in [0.15, 0.2) is 0 Å². The zero-order valence-corrected chi connectivity index (χ0v) is 14.1. The molecule has 21 heavy (non-hydrogen) atoms. The fourth-order valence-electron chi connectivity index (χ4n) is 2.09. The number of benzene rings is 1. The van der Waals surface area contributed by atoms with Crippen LogP contribution in [0.15, 0.2) is 30.3 Å². The van der Waals surface area contributed by atoms with E-state index in [4.69, 9.17) is 0 Å². The molecule has 0 saturated heterocycles. The first-order chi connectivity index (χ1) is 9.76. The highest BCUT2D eigenvalue weighted by Crippen LogP contribution is 2.00. The van der Waals surface area contributed by atoms with Gasteiger partial charge in [-0.3, -0.25) is 9.69 Å². The first kappa shape index (κ1) is 19.9. The molecule has 0 bridgehead atoms. The van der Waals surface area contributed by atoms with Gasteiger partial charge >= 0.3 is 0 Å². The monoisotopic (exact) mass is 312 g/mol. The van der Waals surface area contributed by atoms with Crippen LogP contribution in [0.4, 0.5) is 0 Å². The van der Waals surface area contributed by atoms with Gasteiger partial charge in [-0.05, 0) is 31.5 Å². The van der Waals surface area contributed by atoms with Crippen molar-refractivity contribution in [3.63, 3.8) is 0 Å². The Balaban J connectivity index is 0.00000400. The molecule has 1 amide bonds. The molecular weight excluding hydrogens is 284 g/mol. The quantitative estimate of drug-likeness (QED) is 0.715. The van der Waals surface area contributed by atoms with Gasteiger partial charge in [-0.25, -0.2) is 0 Å². The van der Waals surface area contributed by atoms with Gasteiger partial charge in [-0.15, -0.1) is 12.4 Å². The second-order valence-corrected chi connectivity index (χ2v) is 5.25. The number of nitrogens with zero attached hydrogens (tertiary/aromatic N) is 1. The van der Waals surface area contributed by atoms with Crippen LogP contribution in [0.2, 0.25) is 0 Å². The van der Waals surface area contributed by atoms with Crippen LogP contribution in [0.25, 0.3) is 0 Å². The minimum absolute atomic E-state index is 0. The molecule has 0 atom stereocenters. The van der Waals surface area contributed by atoms with E-state index in [-0.39, 0.29) is 18.3 Å². The summed E-state index contributed by atoms with van der Waals surface area (Å²) in [5.41, 5.74) is 1.15. The number of hydrogen-bond donors (Lipinski definition) is 1. The number of carbonyl (C=O) groups is 1. The lowest BCUT2D eigenvalue weighted by molar-refractivity contribution is -0.122. The van der Waals surface area contributed by atoms with Crippen LogP contribution in [0.1, 0.15) is 45.1 Å². The van der Waals surface area contributed by atoms with E-state index in [1.165, 1.54) is 12.8 Å². The normalized spacial score (nSPS) is 10.2. The van der Waals surface area contributed by atoms with E-state index in [1.807, 2.05) is 30.3 Å². The molecule has 0 fully saturated rings. The molecule has 120 valence electrons. The number of nitrogens with one attached hydrogen (secondary N) is 1. The van der Waals surface area contributed by atoms with Gasteiger partial charge in [-0.2, -0.15) is 0 Å². The summed E-state index contributed by atoms with van der Waals surface area (Å²) < 4.78 is 0. The maximum Gasteiger partial charge on any atom is 0.234 e. The Hall–Kier alpha value is -1.06. The van der Waals surface area contributed by atoms with E-state index >= 15 is 0 Å². The van der Waals surface area contributed by atoms with Crippen LogP contribution >= 0.6 is 12.4 Å². The number of unbranched alkanes of at least 4 members (excludes halogenated alkanes) is 2. The first-order valence-electron chi connectivity index (χ1n) is 7.79. The molecule has 0 heterocycles. The average Bonchev–Trinajstić information content (AvgIpc) is 2.49. The molecule has 0 aromatic heterocycles. The molecule has 1 N–H and O–H groups in total. The van der Waals surface area contributed by atoms with E-state index in [0.717, 1.165) is 31.5 Å². The number of rotatable bonds is 10. The van der Waals surface area contributed by atoms with E-state index in [0.29, 0.717) is 13.1 Å². The lowest BCUT2D eigenvalue weighted by atomic mass is 10.2. The standard InChI is InChI=1S/C17H28N2O.ClH/c1-3-5-12-19(13-6-4-2)15-17(20)18-14-16-10-8-7-9-11-16;/h7-11H,3-6,12-15H2,1-2H3,(H,18,20);1H. The summed E-state index contributed by atoms with van der Waals surface area (Å²) in [4.78, 5) is 14.3. The third-order valence-corrected chi connectivity index (χ3v) is 3.36. The summed E-state index contributed by atoms with van der Waals surface area (Å²) in [6, 6.07) is 10.0. The fraction of sp³-hybridized carbons (Fsp3) is 0.588. The number of hydrogen-bond acceptors (Lipinski definition) is 2. The van der Waals surface area contributed by atoms with Crippen LogP contribution in [0.5, 0.6) is 0 Å². The second-order valence-electron chi connectivity index (χ2n) is 5.25. The Morgan fingerprint density at radius 1 is 1.05 bits per heavy atom. The zero-order chi connectivity index (χ0) is 14.6.